The first-order chi connectivity index (χ1) is 14.3. The van der Waals surface area contributed by atoms with Gasteiger partial charge in [0.15, 0.2) is 5.16 Å². The fourth-order valence-electron chi connectivity index (χ4n) is 3.02. The molecule has 2 aromatic carbocycles. The largest absolute Gasteiger partial charge is 0.449 e. The highest BCUT2D eigenvalue weighted by Gasteiger charge is 2.15. The van der Waals surface area contributed by atoms with Crippen LogP contribution < -0.4 is 0 Å². The lowest BCUT2D eigenvalue weighted by atomic mass is 10.1. The third-order valence-corrected chi connectivity index (χ3v) is 5.63. The van der Waals surface area contributed by atoms with Gasteiger partial charge in [-0.3, -0.25) is 0 Å². The van der Waals surface area contributed by atoms with Crippen LogP contribution in [-0.2, 0) is 11.2 Å². The Morgan fingerprint density at radius 3 is 2.66 bits per heavy atom. The third-order valence-electron chi connectivity index (χ3n) is 4.67. The Morgan fingerprint density at radius 2 is 1.86 bits per heavy atom. The molecule has 0 saturated carbocycles. The summed E-state index contributed by atoms with van der Waals surface area (Å²) in [5, 5.41) is 0.924. The quantitative estimate of drug-likeness (QED) is 0.333. The van der Waals surface area contributed by atoms with Crippen LogP contribution in [0.1, 0.15) is 31.7 Å². The van der Waals surface area contributed by atoms with Crippen LogP contribution in [0.15, 0.2) is 59.8 Å². The molecule has 6 heteroatoms. The van der Waals surface area contributed by atoms with Crippen molar-refractivity contribution in [2.24, 2.45) is 0 Å². The highest BCUT2D eigenvalue weighted by atomic mass is 32.2. The summed E-state index contributed by atoms with van der Waals surface area (Å²) < 4.78 is 5.45. The Labute approximate surface area is 176 Å². The van der Waals surface area contributed by atoms with E-state index in [0.717, 1.165) is 47.6 Å². The van der Waals surface area contributed by atoms with E-state index in [2.05, 4.69) is 29.0 Å². The lowest BCUT2D eigenvalue weighted by Crippen LogP contribution is -2.34. The minimum Gasteiger partial charge on any atom is -0.449 e. The molecule has 0 aliphatic carbocycles. The van der Waals surface area contributed by atoms with Crippen LogP contribution in [0.25, 0.3) is 11.0 Å². The number of para-hydroxylation sites is 2. The average molecular weight is 412 g/mol. The predicted octanol–water partition coefficient (Wildman–Crippen LogP) is 5.53. The molecule has 1 N–H and O–H groups in total. The second-order valence-corrected chi connectivity index (χ2v) is 8.04. The number of nitrogens with zero attached hydrogens (tertiary/aromatic N) is 2. The summed E-state index contributed by atoms with van der Waals surface area (Å²) in [6.45, 7) is 3.94. The third kappa shape index (κ3) is 6.82. The van der Waals surface area contributed by atoms with Gasteiger partial charge in [0.05, 0.1) is 17.6 Å². The predicted molar refractivity (Wildman–Crippen MR) is 119 cm³/mol. The number of unbranched alkanes of at least 4 members (excludes halogenated alkanes) is 1. The van der Waals surface area contributed by atoms with Gasteiger partial charge in [0.25, 0.3) is 0 Å². The van der Waals surface area contributed by atoms with Crippen molar-refractivity contribution in [3.05, 3.63) is 60.2 Å². The molecular formula is C23H29N3O2S. The summed E-state index contributed by atoms with van der Waals surface area (Å²) in [6.07, 6.45) is 3.44. The van der Waals surface area contributed by atoms with Crippen molar-refractivity contribution in [1.29, 1.82) is 0 Å². The van der Waals surface area contributed by atoms with E-state index < -0.39 is 0 Å². The van der Waals surface area contributed by atoms with E-state index in [9.17, 15) is 4.79 Å². The molecule has 3 aromatic rings. The number of aromatic nitrogens is 2. The molecule has 0 bridgehead atoms. The number of benzene rings is 2. The number of thioether (sulfide) groups is 1. The van der Waals surface area contributed by atoms with Crippen LogP contribution in [0.2, 0.25) is 0 Å². The van der Waals surface area contributed by atoms with Crippen molar-refractivity contribution >= 4 is 28.9 Å². The summed E-state index contributed by atoms with van der Waals surface area (Å²) in [5.74, 6) is 0.893. The molecule has 1 amide bonds. The van der Waals surface area contributed by atoms with Crippen molar-refractivity contribution in [3.8, 4) is 0 Å². The topological polar surface area (TPSA) is 58.2 Å². The number of imidazole rings is 1. The van der Waals surface area contributed by atoms with Crippen molar-refractivity contribution in [2.45, 2.75) is 37.8 Å². The number of nitrogens with one attached hydrogen (secondary N) is 1. The summed E-state index contributed by atoms with van der Waals surface area (Å²) >= 11 is 1.69. The number of aromatic amines is 1. The van der Waals surface area contributed by atoms with Gasteiger partial charge in [-0.15, -0.1) is 0 Å². The molecule has 0 saturated heterocycles. The van der Waals surface area contributed by atoms with E-state index >= 15 is 0 Å². The number of ether oxygens (including phenoxy) is 1. The van der Waals surface area contributed by atoms with Crippen molar-refractivity contribution in [3.63, 3.8) is 0 Å². The first-order valence-corrected chi connectivity index (χ1v) is 11.3. The fraction of sp³-hybridized carbons (Fsp3) is 0.391. The number of hydrogen-bond donors (Lipinski definition) is 1. The number of carbonyl (C=O) groups is 1. The van der Waals surface area contributed by atoms with Crippen molar-refractivity contribution in [1.82, 2.24) is 14.9 Å². The zero-order valence-corrected chi connectivity index (χ0v) is 17.8. The molecule has 0 radical (unpaired) electrons. The minimum absolute atomic E-state index is 0.205. The molecule has 5 nitrogen and oxygen atoms in total. The van der Waals surface area contributed by atoms with Gasteiger partial charge in [-0.25, -0.2) is 9.78 Å². The van der Waals surface area contributed by atoms with Gasteiger partial charge in [0.1, 0.15) is 0 Å². The summed E-state index contributed by atoms with van der Waals surface area (Å²) in [7, 11) is 0. The van der Waals surface area contributed by atoms with Crippen LogP contribution in [0.4, 0.5) is 4.79 Å². The van der Waals surface area contributed by atoms with E-state index in [1.54, 1.807) is 11.8 Å². The van der Waals surface area contributed by atoms with Crippen molar-refractivity contribution < 1.29 is 9.53 Å². The Hall–Kier alpha value is -2.47. The van der Waals surface area contributed by atoms with Gasteiger partial charge in [0, 0.05) is 18.8 Å². The van der Waals surface area contributed by atoms with Gasteiger partial charge in [-0.2, -0.15) is 0 Å². The van der Waals surface area contributed by atoms with E-state index in [1.165, 1.54) is 5.56 Å². The van der Waals surface area contributed by atoms with E-state index in [0.29, 0.717) is 19.7 Å². The van der Waals surface area contributed by atoms with Gasteiger partial charge in [-0.05, 0) is 37.0 Å². The maximum Gasteiger partial charge on any atom is 0.409 e. The Kier molecular flexibility index (Phi) is 8.43. The molecule has 0 fully saturated rings. The van der Waals surface area contributed by atoms with Gasteiger partial charge in [-0.1, -0.05) is 67.6 Å². The minimum atomic E-state index is -0.205. The van der Waals surface area contributed by atoms with Gasteiger partial charge < -0.3 is 14.6 Å². The molecule has 0 aliphatic rings. The van der Waals surface area contributed by atoms with Crippen LogP contribution in [0, 0.1) is 0 Å². The Balaban J connectivity index is 1.48. The maximum atomic E-state index is 12.5. The molecule has 0 spiro atoms. The zero-order chi connectivity index (χ0) is 20.3. The average Bonchev–Trinajstić information content (AvgIpc) is 3.17. The lowest BCUT2D eigenvalue weighted by Gasteiger charge is -2.22. The molecule has 0 atom stereocenters. The standard InChI is InChI=1S/C23H29N3O2S/c1-2-3-17-28-23(27)26(16-14-19-10-5-4-6-11-19)15-9-18-29-22-24-20-12-7-8-13-21(20)25-22/h4-8,10-13H,2-3,9,14-18H2,1H3,(H,24,25). The maximum absolute atomic E-state index is 12.5. The molecular weight excluding hydrogens is 382 g/mol. The molecule has 154 valence electrons. The SMILES string of the molecule is CCCCOC(=O)N(CCCSc1nc2ccccc2[nH]1)CCc1ccccc1. The molecule has 0 unspecified atom stereocenters. The van der Waals surface area contributed by atoms with Crippen LogP contribution in [-0.4, -0.2) is 46.4 Å². The molecule has 1 heterocycles. The highest BCUT2D eigenvalue weighted by molar-refractivity contribution is 7.99. The number of carbonyl (C=O) groups excluding carboxylic acids is 1. The fourth-order valence-corrected chi connectivity index (χ4v) is 3.83. The zero-order valence-electron chi connectivity index (χ0n) is 17.0. The number of H-pyrrole nitrogens is 1. The number of hydrogen-bond acceptors (Lipinski definition) is 4. The first-order valence-electron chi connectivity index (χ1n) is 10.3. The van der Waals surface area contributed by atoms with Gasteiger partial charge >= 0.3 is 6.09 Å². The van der Waals surface area contributed by atoms with E-state index in [4.69, 9.17) is 4.74 Å². The normalized spacial score (nSPS) is 10.9. The molecule has 29 heavy (non-hydrogen) atoms. The summed E-state index contributed by atoms with van der Waals surface area (Å²) in [6, 6.07) is 18.3. The number of rotatable bonds is 11. The van der Waals surface area contributed by atoms with Crippen LogP contribution >= 0.6 is 11.8 Å². The molecule has 0 aliphatic heterocycles. The lowest BCUT2D eigenvalue weighted by molar-refractivity contribution is 0.101. The smallest absolute Gasteiger partial charge is 0.409 e. The van der Waals surface area contributed by atoms with Crippen molar-refractivity contribution in [2.75, 3.05) is 25.4 Å². The van der Waals surface area contributed by atoms with Crippen LogP contribution in [0.3, 0.4) is 0 Å². The second-order valence-electron chi connectivity index (χ2n) is 6.95. The van der Waals surface area contributed by atoms with E-state index in [1.807, 2.05) is 47.4 Å². The second kappa shape index (κ2) is 11.5. The summed E-state index contributed by atoms with van der Waals surface area (Å²) in [5.41, 5.74) is 3.27. The summed E-state index contributed by atoms with van der Waals surface area (Å²) in [4.78, 5) is 22.3. The monoisotopic (exact) mass is 411 g/mol. The van der Waals surface area contributed by atoms with E-state index in [-0.39, 0.29) is 6.09 Å². The van der Waals surface area contributed by atoms with Crippen LogP contribution in [0.5, 0.6) is 0 Å². The first kappa shape index (κ1) is 21.2. The highest BCUT2D eigenvalue weighted by Crippen LogP contribution is 2.20. The number of amides is 1. The number of fused-ring (bicyclic) bond motifs is 1. The Bertz CT molecular complexity index is 849. The molecule has 3 rings (SSSR count). The van der Waals surface area contributed by atoms with Gasteiger partial charge in [0.2, 0.25) is 0 Å². The molecule has 1 aromatic heterocycles. The Morgan fingerprint density at radius 1 is 1.07 bits per heavy atom.